The van der Waals surface area contributed by atoms with Gasteiger partial charge in [-0.2, -0.15) is 10.2 Å². The van der Waals surface area contributed by atoms with Crippen LogP contribution in [-0.2, 0) is 16.1 Å². The zero-order valence-electron chi connectivity index (χ0n) is 16.2. The van der Waals surface area contributed by atoms with Gasteiger partial charge in [0.2, 0.25) is 24.3 Å². The summed E-state index contributed by atoms with van der Waals surface area (Å²) in [5, 5.41) is 9.42. The number of fused-ring (bicyclic) bond motifs is 1. The van der Waals surface area contributed by atoms with Crippen molar-refractivity contribution in [2.24, 2.45) is 0 Å². The zero-order valence-corrected chi connectivity index (χ0v) is 17.8. The van der Waals surface area contributed by atoms with Gasteiger partial charge in [-0.15, -0.1) is 0 Å². The largest absolute Gasteiger partial charge is 0.454 e. The predicted octanol–water partition coefficient (Wildman–Crippen LogP) is 2.51. The Morgan fingerprint density at radius 1 is 1.26 bits per heavy atom. The molecule has 11 heteroatoms. The van der Waals surface area contributed by atoms with Crippen molar-refractivity contribution in [1.82, 2.24) is 9.88 Å². The molecule has 0 unspecified atom stereocenters. The molecule has 1 aromatic heterocycles. The van der Waals surface area contributed by atoms with E-state index >= 15 is 0 Å². The summed E-state index contributed by atoms with van der Waals surface area (Å²) >= 11 is 6.59. The van der Waals surface area contributed by atoms with Gasteiger partial charge in [-0.1, -0.05) is 30.0 Å². The monoisotopic (exact) mass is 456 g/mol. The van der Waals surface area contributed by atoms with E-state index in [1.165, 1.54) is 22.7 Å². The van der Waals surface area contributed by atoms with Gasteiger partial charge in [0.1, 0.15) is 10.4 Å². The fourth-order valence-corrected chi connectivity index (χ4v) is 4.63. The Balaban J connectivity index is 1.35. The number of thioether (sulfide) groups is 1. The van der Waals surface area contributed by atoms with E-state index < -0.39 is 0 Å². The molecule has 158 valence electrons. The molecule has 5 rings (SSSR count). The maximum Gasteiger partial charge on any atom is 0.266 e. The molecule has 2 fully saturated rings. The first-order valence-electron chi connectivity index (χ1n) is 9.50. The summed E-state index contributed by atoms with van der Waals surface area (Å²) in [6.45, 7) is 2.84. The molecule has 31 heavy (non-hydrogen) atoms. The van der Waals surface area contributed by atoms with E-state index in [4.69, 9.17) is 30.8 Å². The summed E-state index contributed by atoms with van der Waals surface area (Å²) in [4.78, 5) is 21.0. The first-order valence-corrected chi connectivity index (χ1v) is 10.7. The number of nitrogens with zero attached hydrogens (tertiary/aromatic N) is 4. The van der Waals surface area contributed by atoms with Gasteiger partial charge in [-0.3, -0.25) is 9.69 Å². The topological polar surface area (TPSA) is 101 Å². The van der Waals surface area contributed by atoms with Crippen molar-refractivity contribution in [3.05, 3.63) is 40.3 Å². The molecule has 0 bridgehead atoms. The minimum absolute atomic E-state index is 0.184. The Bertz CT molecular complexity index is 1130. The molecular weight excluding hydrogens is 440 g/mol. The number of aromatic nitrogens is 1. The van der Waals surface area contributed by atoms with Gasteiger partial charge in [0.15, 0.2) is 11.5 Å². The smallest absolute Gasteiger partial charge is 0.266 e. The van der Waals surface area contributed by atoms with E-state index in [9.17, 15) is 10.1 Å². The van der Waals surface area contributed by atoms with E-state index in [1.54, 1.807) is 0 Å². The van der Waals surface area contributed by atoms with E-state index in [0.29, 0.717) is 59.5 Å². The molecule has 1 aromatic carbocycles. The van der Waals surface area contributed by atoms with Gasteiger partial charge in [0, 0.05) is 19.2 Å². The minimum atomic E-state index is -0.239. The normalized spacial score (nSPS) is 19.4. The predicted molar refractivity (Wildman–Crippen MR) is 116 cm³/mol. The molecule has 0 spiro atoms. The maximum absolute atomic E-state index is 13.0. The van der Waals surface area contributed by atoms with Crippen LogP contribution < -0.4 is 14.4 Å². The Morgan fingerprint density at radius 2 is 2.06 bits per heavy atom. The van der Waals surface area contributed by atoms with Crippen LogP contribution in [-0.4, -0.2) is 53.2 Å². The van der Waals surface area contributed by atoms with Crippen molar-refractivity contribution in [1.29, 1.82) is 5.26 Å². The van der Waals surface area contributed by atoms with Crippen molar-refractivity contribution < 1.29 is 23.4 Å². The van der Waals surface area contributed by atoms with Crippen LogP contribution in [0.1, 0.15) is 17.1 Å². The number of oxazole rings is 1. The minimum Gasteiger partial charge on any atom is -0.454 e. The summed E-state index contributed by atoms with van der Waals surface area (Å²) < 4.78 is 22.3. The molecule has 1 amide bonds. The lowest BCUT2D eigenvalue weighted by Gasteiger charge is -2.25. The third-order valence-corrected chi connectivity index (χ3v) is 6.31. The molecule has 0 radical (unpaired) electrons. The zero-order chi connectivity index (χ0) is 21.4. The number of benzene rings is 1. The van der Waals surface area contributed by atoms with Crippen LogP contribution in [0, 0.1) is 11.3 Å². The third-order valence-electron chi connectivity index (χ3n) is 4.94. The van der Waals surface area contributed by atoms with Gasteiger partial charge < -0.3 is 23.5 Å². The van der Waals surface area contributed by atoms with Crippen molar-refractivity contribution in [3.63, 3.8) is 0 Å². The van der Waals surface area contributed by atoms with Crippen LogP contribution in [0.5, 0.6) is 11.5 Å². The summed E-state index contributed by atoms with van der Waals surface area (Å²) in [6.07, 6.45) is 1.53. The van der Waals surface area contributed by atoms with Crippen molar-refractivity contribution >= 4 is 46.2 Å². The van der Waals surface area contributed by atoms with E-state index in [1.807, 2.05) is 23.1 Å². The fraction of sp³-hybridized carbons (Fsp3) is 0.300. The summed E-state index contributed by atoms with van der Waals surface area (Å²) in [6, 6.07) is 7.58. The molecule has 0 saturated carbocycles. The first-order chi connectivity index (χ1) is 15.1. The van der Waals surface area contributed by atoms with Crippen LogP contribution in [0.2, 0.25) is 0 Å². The number of carbonyl (C=O) groups is 1. The van der Waals surface area contributed by atoms with Crippen LogP contribution in [0.25, 0.3) is 6.08 Å². The Kier molecular flexibility index (Phi) is 5.27. The summed E-state index contributed by atoms with van der Waals surface area (Å²) in [7, 11) is 0. The number of amides is 1. The second kappa shape index (κ2) is 8.22. The van der Waals surface area contributed by atoms with E-state index in [-0.39, 0.29) is 24.3 Å². The van der Waals surface area contributed by atoms with Gasteiger partial charge in [-0.05, 0) is 17.7 Å². The first kappa shape index (κ1) is 19.9. The number of thiocarbonyl (C=S) groups is 1. The lowest BCUT2D eigenvalue weighted by atomic mass is 10.2. The Labute approximate surface area is 187 Å². The molecule has 3 aliphatic rings. The summed E-state index contributed by atoms with van der Waals surface area (Å²) in [5.74, 6) is 1.69. The van der Waals surface area contributed by atoms with Crippen LogP contribution in [0.15, 0.2) is 27.5 Å². The van der Waals surface area contributed by atoms with Gasteiger partial charge in [0.25, 0.3) is 5.91 Å². The summed E-state index contributed by atoms with van der Waals surface area (Å²) in [5.41, 5.74) is 1.06. The number of hydrogen-bond donors (Lipinski definition) is 0. The number of carbonyl (C=O) groups excluding carboxylic acids is 1. The average molecular weight is 457 g/mol. The molecule has 4 heterocycles. The molecule has 0 aliphatic carbocycles. The third kappa shape index (κ3) is 3.85. The number of rotatable bonds is 4. The second-order valence-corrected chi connectivity index (χ2v) is 8.55. The maximum atomic E-state index is 13.0. The van der Waals surface area contributed by atoms with Crippen LogP contribution >= 0.6 is 24.0 Å². The lowest BCUT2D eigenvalue weighted by Crippen LogP contribution is -2.36. The fourth-order valence-electron chi connectivity index (χ4n) is 3.41. The average Bonchev–Trinajstić information content (AvgIpc) is 3.48. The van der Waals surface area contributed by atoms with E-state index in [0.717, 1.165) is 5.56 Å². The standard InChI is InChI=1S/C20H16N4O5S2/c21-9-13-19(23-3-5-26-6-4-23)29-17(22-13)8-16-18(25)24(20(30)31-16)10-12-1-2-14-15(7-12)28-11-27-14/h1-2,7-8H,3-6,10-11H2/b16-8-. The Hall–Kier alpha value is -3.07. The molecule has 9 nitrogen and oxygen atoms in total. The number of ether oxygens (including phenoxy) is 3. The highest BCUT2D eigenvalue weighted by atomic mass is 32.2. The molecule has 0 atom stereocenters. The molecular formula is C20H16N4O5S2. The highest BCUT2D eigenvalue weighted by Crippen LogP contribution is 2.37. The van der Waals surface area contributed by atoms with Crippen molar-refractivity contribution in [2.45, 2.75) is 6.54 Å². The van der Waals surface area contributed by atoms with Crippen LogP contribution in [0.3, 0.4) is 0 Å². The number of hydrogen-bond acceptors (Lipinski definition) is 10. The van der Waals surface area contributed by atoms with Crippen molar-refractivity contribution in [2.75, 3.05) is 38.0 Å². The second-order valence-electron chi connectivity index (χ2n) is 6.87. The van der Waals surface area contributed by atoms with Crippen molar-refractivity contribution in [3.8, 4) is 17.6 Å². The van der Waals surface area contributed by atoms with E-state index in [2.05, 4.69) is 11.1 Å². The quantitative estimate of drug-likeness (QED) is 0.504. The van der Waals surface area contributed by atoms with Gasteiger partial charge in [-0.25, -0.2) is 0 Å². The Morgan fingerprint density at radius 3 is 2.87 bits per heavy atom. The van der Waals surface area contributed by atoms with Gasteiger partial charge >= 0.3 is 0 Å². The SMILES string of the molecule is N#Cc1nc(/C=C2\SC(=S)N(Cc3ccc4c(c3)OCO4)C2=O)oc1N1CCOCC1. The molecule has 0 N–H and O–H groups in total. The highest BCUT2D eigenvalue weighted by Gasteiger charge is 2.33. The highest BCUT2D eigenvalue weighted by molar-refractivity contribution is 8.26. The molecule has 3 aliphatic heterocycles. The number of morpholine rings is 1. The lowest BCUT2D eigenvalue weighted by molar-refractivity contribution is -0.122. The van der Waals surface area contributed by atoms with Crippen LogP contribution in [0.4, 0.5) is 5.88 Å². The molecule has 2 aromatic rings. The molecule has 2 saturated heterocycles. The van der Waals surface area contributed by atoms with Gasteiger partial charge in [0.05, 0.1) is 24.7 Å². The number of nitriles is 1. The number of anilines is 1.